The van der Waals surface area contributed by atoms with Crippen molar-refractivity contribution in [2.45, 2.75) is 45.7 Å². The summed E-state index contributed by atoms with van der Waals surface area (Å²) in [5.41, 5.74) is 0.394. The van der Waals surface area contributed by atoms with Crippen molar-refractivity contribution >= 4 is 23.4 Å². The Kier molecular flexibility index (Phi) is 7.74. The minimum Gasteiger partial charge on any atom is -0.385 e. The standard InChI is InChI=1S/C20H32ClN3O3/c1-20(2,15-21)19(26)23(11-6-12-27-4)14-18(25)24(16-8-9-16)13-17-7-5-10-22(17)3/h5,7,10,16H,6,8-9,11-15H2,1-4H3. The lowest BCUT2D eigenvalue weighted by atomic mass is 9.94. The van der Waals surface area contributed by atoms with Crippen LogP contribution in [0.2, 0.25) is 0 Å². The zero-order valence-corrected chi connectivity index (χ0v) is 17.7. The second-order valence-corrected chi connectivity index (χ2v) is 8.22. The second kappa shape index (κ2) is 9.60. The number of rotatable bonds is 11. The van der Waals surface area contributed by atoms with Gasteiger partial charge in [0.1, 0.15) is 0 Å². The van der Waals surface area contributed by atoms with E-state index in [4.69, 9.17) is 16.3 Å². The smallest absolute Gasteiger partial charge is 0.242 e. The first-order valence-electron chi connectivity index (χ1n) is 9.54. The van der Waals surface area contributed by atoms with Gasteiger partial charge in [-0.15, -0.1) is 11.6 Å². The molecule has 152 valence electrons. The summed E-state index contributed by atoms with van der Waals surface area (Å²) in [5.74, 6) is 0.127. The van der Waals surface area contributed by atoms with Gasteiger partial charge in [0, 0.05) is 51.1 Å². The molecule has 6 nitrogen and oxygen atoms in total. The van der Waals surface area contributed by atoms with Crippen molar-refractivity contribution in [1.29, 1.82) is 0 Å². The highest BCUT2D eigenvalue weighted by Crippen LogP contribution is 2.29. The van der Waals surface area contributed by atoms with Gasteiger partial charge in [-0.3, -0.25) is 9.59 Å². The van der Waals surface area contributed by atoms with Crippen LogP contribution in [0.4, 0.5) is 0 Å². The predicted molar refractivity (Wildman–Crippen MR) is 107 cm³/mol. The van der Waals surface area contributed by atoms with E-state index in [1.165, 1.54) is 0 Å². The van der Waals surface area contributed by atoms with Crippen LogP contribution in [0.25, 0.3) is 0 Å². The van der Waals surface area contributed by atoms with Crippen LogP contribution in [0.1, 0.15) is 38.8 Å². The lowest BCUT2D eigenvalue weighted by molar-refractivity contribution is -0.146. The zero-order chi connectivity index (χ0) is 20.0. The van der Waals surface area contributed by atoms with E-state index < -0.39 is 5.41 Å². The van der Waals surface area contributed by atoms with Gasteiger partial charge in [-0.05, 0) is 45.2 Å². The van der Waals surface area contributed by atoms with Gasteiger partial charge in [-0.2, -0.15) is 0 Å². The van der Waals surface area contributed by atoms with Crippen LogP contribution >= 0.6 is 11.6 Å². The molecule has 0 N–H and O–H groups in total. The Hall–Kier alpha value is -1.53. The van der Waals surface area contributed by atoms with Crippen molar-refractivity contribution in [3.8, 4) is 0 Å². The molecule has 2 rings (SSSR count). The summed E-state index contributed by atoms with van der Waals surface area (Å²) in [6.07, 6.45) is 4.73. The number of hydrogen-bond donors (Lipinski definition) is 0. The van der Waals surface area contributed by atoms with Gasteiger partial charge in [-0.25, -0.2) is 0 Å². The fraction of sp³-hybridized carbons (Fsp3) is 0.700. The maximum absolute atomic E-state index is 13.1. The van der Waals surface area contributed by atoms with Crippen molar-refractivity contribution in [3.05, 3.63) is 24.0 Å². The minimum absolute atomic E-state index is 0.00478. The summed E-state index contributed by atoms with van der Waals surface area (Å²) >= 11 is 5.99. The molecule has 7 heteroatoms. The van der Waals surface area contributed by atoms with Crippen LogP contribution in [0.3, 0.4) is 0 Å². The molecule has 0 bridgehead atoms. The molecule has 0 aliphatic heterocycles. The summed E-state index contributed by atoms with van der Waals surface area (Å²) in [7, 11) is 3.61. The van der Waals surface area contributed by atoms with Crippen molar-refractivity contribution in [2.75, 3.05) is 32.7 Å². The number of aromatic nitrogens is 1. The number of aryl methyl sites for hydroxylation is 1. The molecule has 0 saturated heterocycles. The molecule has 1 aliphatic carbocycles. The van der Waals surface area contributed by atoms with Gasteiger partial charge in [0.05, 0.1) is 18.5 Å². The van der Waals surface area contributed by atoms with Crippen LogP contribution < -0.4 is 0 Å². The van der Waals surface area contributed by atoms with E-state index in [0.29, 0.717) is 26.1 Å². The second-order valence-electron chi connectivity index (χ2n) is 7.95. The number of carbonyl (C=O) groups excluding carboxylic acids is 2. The summed E-state index contributed by atoms with van der Waals surface area (Å²) in [6, 6.07) is 4.29. The molecule has 1 aromatic heterocycles. The Morgan fingerprint density at radius 1 is 1.37 bits per heavy atom. The number of nitrogens with zero attached hydrogens (tertiary/aromatic N) is 3. The molecule has 0 aromatic carbocycles. The topological polar surface area (TPSA) is 54.8 Å². The molecule has 1 saturated carbocycles. The SMILES string of the molecule is COCCCN(CC(=O)N(Cc1cccn1C)C1CC1)C(=O)C(C)(C)CCl. The number of carbonyl (C=O) groups is 2. The first kappa shape index (κ1) is 21.8. The van der Waals surface area contributed by atoms with Crippen molar-refractivity contribution < 1.29 is 14.3 Å². The maximum Gasteiger partial charge on any atom is 0.242 e. The Labute approximate surface area is 167 Å². The first-order chi connectivity index (χ1) is 12.8. The highest BCUT2D eigenvalue weighted by atomic mass is 35.5. The van der Waals surface area contributed by atoms with Gasteiger partial charge in [0.2, 0.25) is 11.8 Å². The molecule has 27 heavy (non-hydrogen) atoms. The molecule has 0 atom stereocenters. The monoisotopic (exact) mass is 397 g/mol. The van der Waals surface area contributed by atoms with E-state index in [0.717, 1.165) is 18.5 Å². The Balaban J connectivity index is 2.09. The Bertz CT molecular complexity index is 640. The molecule has 0 radical (unpaired) electrons. The van der Waals surface area contributed by atoms with E-state index in [1.54, 1.807) is 12.0 Å². The van der Waals surface area contributed by atoms with E-state index in [-0.39, 0.29) is 30.3 Å². The van der Waals surface area contributed by atoms with E-state index in [1.807, 2.05) is 48.7 Å². The molecule has 1 heterocycles. The molecule has 0 unspecified atom stereocenters. The van der Waals surface area contributed by atoms with Crippen LogP contribution in [0.5, 0.6) is 0 Å². The Morgan fingerprint density at radius 3 is 2.59 bits per heavy atom. The molecule has 1 fully saturated rings. The summed E-state index contributed by atoms with van der Waals surface area (Å²) in [6.45, 7) is 5.34. The number of alkyl halides is 1. The average molecular weight is 398 g/mol. The van der Waals surface area contributed by atoms with Crippen molar-refractivity contribution in [1.82, 2.24) is 14.4 Å². The van der Waals surface area contributed by atoms with Gasteiger partial charge in [-0.1, -0.05) is 0 Å². The third-order valence-corrected chi connectivity index (χ3v) is 5.66. The molecule has 2 amide bonds. The summed E-state index contributed by atoms with van der Waals surface area (Å²) < 4.78 is 7.13. The number of hydrogen-bond acceptors (Lipinski definition) is 3. The summed E-state index contributed by atoms with van der Waals surface area (Å²) in [4.78, 5) is 29.6. The third-order valence-electron chi connectivity index (χ3n) is 4.99. The van der Waals surface area contributed by atoms with Gasteiger partial charge in [0.25, 0.3) is 0 Å². The van der Waals surface area contributed by atoms with Crippen LogP contribution in [0.15, 0.2) is 18.3 Å². The molecule has 1 aromatic rings. The largest absolute Gasteiger partial charge is 0.385 e. The fourth-order valence-corrected chi connectivity index (χ4v) is 3.15. The van der Waals surface area contributed by atoms with Crippen molar-refractivity contribution in [3.63, 3.8) is 0 Å². The van der Waals surface area contributed by atoms with Crippen molar-refractivity contribution in [2.24, 2.45) is 12.5 Å². The normalized spacial score (nSPS) is 14.3. The van der Waals surface area contributed by atoms with Crippen LogP contribution in [-0.2, 0) is 27.9 Å². The van der Waals surface area contributed by atoms with Crippen LogP contribution in [0, 0.1) is 5.41 Å². The van der Waals surface area contributed by atoms with Gasteiger partial charge < -0.3 is 19.1 Å². The van der Waals surface area contributed by atoms with E-state index >= 15 is 0 Å². The number of ether oxygens (including phenoxy) is 1. The molecular formula is C20H32ClN3O3. The van der Waals surface area contributed by atoms with Gasteiger partial charge in [0.15, 0.2) is 0 Å². The maximum atomic E-state index is 13.1. The number of methoxy groups -OCH3 is 1. The fourth-order valence-electron chi connectivity index (χ4n) is 3.03. The zero-order valence-electron chi connectivity index (χ0n) is 16.9. The lowest BCUT2D eigenvalue weighted by Gasteiger charge is -2.32. The van der Waals surface area contributed by atoms with E-state index in [2.05, 4.69) is 0 Å². The molecular weight excluding hydrogens is 366 g/mol. The molecule has 0 spiro atoms. The predicted octanol–water partition coefficient (Wildman–Crippen LogP) is 2.65. The third kappa shape index (κ3) is 5.98. The quantitative estimate of drug-likeness (QED) is 0.426. The van der Waals surface area contributed by atoms with E-state index in [9.17, 15) is 9.59 Å². The number of amides is 2. The van der Waals surface area contributed by atoms with Crippen LogP contribution in [-0.4, -0.2) is 64.9 Å². The first-order valence-corrected chi connectivity index (χ1v) is 10.1. The number of halogens is 1. The minimum atomic E-state index is -0.697. The highest BCUT2D eigenvalue weighted by Gasteiger charge is 2.36. The average Bonchev–Trinajstić information content (AvgIpc) is 3.40. The van der Waals surface area contributed by atoms with Gasteiger partial charge >= 0.3 is 0 Å². The Morgan fingerprint density at radius 2 is 2.07 bits per heavy atom. The highest BCUT2D eigenvalue weighted by molar-refractivity contribution is 6.19. The lowest BCUT2D eigenvalue weighted by Crippen LogP contribution is -2.48. The summed E-state index contributed by atoms with van der Waals surface area (Å²) in [5, 5.41) is 0. The molecule has 1 aliphatic rings.